The van der Waals surface area contributed by atoms with Gasteiger partial charge in [-0.15, -0.1) is 0 Å². The minimum absolute atomic E-state index is 0.901. The Bertz CT molecular complexity index is 344. The molecule has 3 heterocycles. The number of hydrogen-bond acceptors (Lipinski definition) is 4. The van der Waals surface area contributed by atoms with Gasteiger partial charge < -0.3 is 10.2 Å². The Kier molecular flexibility index (Phi) is 1.87. The van der Waals surface area contributed by atoms with Crippen molar-refractivity contribution in [1.82, 2.24) is 15.3 Å². The lowest BCUT2D eigenvalue weighted by Gasteiger charge is -2.15. The highest BCUT2D eigenvalue weighted by Gasteiger charge is 2.18. The zero-order valence-electron chi connectivity index (χ0n) is 8.16. The highest BCUT2D eigenvalue weighted by molar-refractivity contribution is 5.35. The predicted octanol–water partition coefficient (Wildman–Crippen LogP) is 0.680. The number of anilines is 1. The van der Waals surface area contributed by atoms with Crippen LogP contribution in [0.2, 0.25) is 0 Å². The van der Waals surface area contributed by atoms with E-state index in [9.17, 15) is 0 Å². The Hall–Kier alpha value is -1.16. The molecular weight excluding hydrogens is 176 g/mol. The van der Waals surface area contributed by atoms with Crippen LogP contribution in [0.15, 0.2) is 6.20 Å². The normalized spacial score (nSPS) is 20.1. The van der Waals surface area contributed by atoms with Gasteiger partial charge in [-0.3, -0.25) is 0 Å². The molecule has 2 aliphatic heterocycles. The summed E-state index contributed by atoms with van der Waals surface area (Å²) in [7, 11) is 0. The minimum atomic E-state index is 0.901. The third-order valence-corrected chi connectivity index (χ3v) is 2.94. The monoisotopic (exact) mass is 190 g/mol. The molecule has 0 bridgehead atoms. The Labute approximate surface area is 83.4 Å². The van der Waals surface area contributed by atoms with Crippen LogP contribution < -0.4 is 10.2 Å². The predicted molar refractivity (Wildman–Crippen MR) is 54.0 cm³/mol. The number of hydrogen-bond donors (Lipinski definition) is 1. The first-order valence-electron chi connectivity index (χ1n) is 5.24. The van der Waals surface area contributed by atoms with Crippen molar-refractivity contribution in [1.29, 1.82) is 0 Å². The van der Waals surface area contributed by atoms with Crippen molar-refractivity contribution in [2.45, 2.75) is 25.9 Å². The van der Waals surface area contributed by atoms with E-state index >= 15 is 0 Å². The maximum absolute atomic E-state index is 4.59. The van der Waals surface area contributed by atoms with Crippen molar-refractivity contribution < 1.29 is 0 Å². The summed E-state index contributed by atoms with van der Waals surface area (Å²) >= 11 is 0. The molecule has 0 aliphatic carbocycles. The van der Waals surface area contributed by atoms with E-state index in [0.717, 1.165) is 32.1 Å². The Morgan fingerprint density at radius 3 is 2.93 bits per heavy atom. The fraction of sp³-hybridized carbons (Fsp3) is 0.600. The summed E-state index contributed by atoms with van der Waals surface area (Å²) in [6, 6.07) is 0. The maximum atomic E-state index is 4.59. The lowest BCUT2D eigenvalue weighted by molar-refractivity contribution is 0.756. The van der Waals surface area contributed by atoms with Crippen LogP contribution in [0.4, 0.5) is 5.95 Å². The largest absolute Gasteiger partial charge is 0.341 e. The molecule has 0 saturated carbocycles. The van der Waals surface area contributed by atoms with Gasteiger partial charge in [-0.25, -0.2) is 9.97 Å². The lowest BCUT2D eigenvalue weighted by Crippen LogP contribution is -2.20. The average molecular weight is 190 g/mol. The van der Waals surface area contributed by atoms with Crippen molar-refractivity contribution in [2.75, 3.05) is 18.0 Å². The van der Waals surface area contributed by atoms with Gasteiger partial charge in [-0.05, 0) is 12.8 Å². The van der Waals surface area contributed by atoms with Crippen LogP contribution in [0.5, 0.6) is 0 Å². The zero-order valence-corrected chi connectivity index (χ0v) is 8.16. The molecule has 1 aromatic rings. The molecule has 3 rings (SSSR count). The molecule has 1 saturated heterocycles. The van der Waals surface area contributed by atoms with Gasteiger partial charge in [-0.2, -0.15) is 0 Å². The van der Waals surface area contributed by atoms with Crippen LogP contribution in [-0.4, -0.2) is 23.1 Å². The molecule has 4 heteroatoms. The third-order valence-electron chi connectivity index (χ3n) is 2.94. The standard InChI is InChI=1S/C10H14N4/c1-2-4-14(3-1)10-12-6-8-5-11-7-9(8)13-10/h6,11H,1-5,7H2. The molecule has 0 aromatic carbocycles. The summed E-state index contributed by atoms with van der Waals surface area (Å²) in [4.78, 5) is 11.3. The molecule has 0 radical (unpaired) electrons. The number of nitrogens with one attached hydrogen (secondary N) is 1. The van der Waals surface area contributed by atoms with E-state index in [1.54, 1.807) is 0 Å². The molecule has 0 spiro atoms. The highest BCUT2D eigenvalue weighted by Crippen LogP contribution is 2.19. The van der Waals surface area contributed by atoms with Gasteiger partial charge in [0.1, 0.15) is 0 Å². The minimum Gasteiger partial charge on any atom is -0.341 e. The molecule has 74 valence electrons. The number of fused-ring (bicyclic) bond motifs is 1. The quantitative estimate of drug-likeness (QED) is 0.707. The lowest BCUT2D eigenvalue weighted by atomic mass is 10.3. The fourth-order valence-electron chi connectivity index (χ4n) is 2.12. The molecule has 14 heavy (non-hydrogen) atoms. The van der Waals surface area contributed by atoms with Crippen molar-refractivity contribution in [3.63, 3.8) is 0 Å². The Morgan fingerprint density at radius 1 is 1.21 bits per heavy atom. The van der Waals surface area contributed by atoms with E-state index in [4.69, 9.17) is 0 Å². The van der Waals surface area contributed by atoms with Crippen molar-refractivity contribution in [3.05, 3.63) is 17.5 Å². The summed E-state index contributed by atoms with van der Waals surface area (Å²) in [5.74, 6) is 0.921. The smallest absolute Gasteiger partial charge is 0.225 e. The van der Waals surface area contributed by atoms with Gasteiger partial charge in [0.25, 0.3) is 0 Å². The topological polar surface area (TPSA) is 41.1 Å². The van der Waals surface area contributed by atoms with Gasteiger partial charge >= 0.3 is 0 Å². The second-order valence-corrected chi connectivity index (χ2v) is 3.94. The van der Waals surface area contributed by atoms with E-state index < -0.39 is 0 Å². The molecule has 1 N–H and O–H groups in total. The van der Waals surface area contributed by atoms with Gasteiger partial charge in [0.2, 0.25) is 5.95 Å². The van der Waals surface area contributed by atoms with Crippen LogP contribution in [-0.2, 0) is 13.1 Å². The summed E-state index contributed by atoms with van der Waals surface area (Å²) < 4.78 is 0. The highest BCUT2D eigenvalue weighted by atomic mass is 15.3. The molecule has 0 atom stereocenters. The van der Waals surface area contributed by atoms with E-state index in [1.807, 2.05) is 6.20 Å². The molecule has 0 unspecified atom stereocenters. The average Bonchev–Trinajstić information content (AvgIpc) is 2.88. The molecule has 0 amide bonds. The van der Waals surface area contributed by atoms with Crippen LogP contribution in [0, 0.1) is 0 Å². The summed E-state index contributed by atoms with van der Waals surface area (Å²) in [5.41, 5.74) is 2.44. The molecule has 2 aliphatic rings. The van der Waals surface area contributed by atoms with E-state index in [1.165, 1.54) is 24.1 Å². The van der Waals surface area contributed by atoms with Crippen LogP contribution in [0.25, 0.3) is 0 Å². The summed E-state index contributed by atoms with van der Waals surface area (Å²) in [6.45, 7) is 4.06. The van der Waals surface area contributed by atoms with E-state index in [2.05, 4.69) is 20.2 Å². The Morgan fingerprint density at radius 2 is 2.07 bits per heavy atom. The Balaban J connectivity index is 1.91. The fourth-order valence-corrected chi connectivity index (χ4v) is 2.12. The van der Waals surface area contributed by atoms with Gasteiger partial charge in [0.15, 0.2) is 0 Å². The SMILES string of the molecule is c1nc(N2CCCC2)nc2c1CNC2. The molecule has 4 nitrogen and oxygen atoms in total. The van der Waals surface area contributed by atoms with Crippen LogP contribution >= 0.6 is 0 Å². The van der Waals surface area contributed by atoms with Crippen molar-refractivity contribution >= 4 is 5.95 Å². The number of rotatable bonds is 1. The van der Waals surface area contributed by atoms with Crippen molar-refractivity contribution in [3.8, 4) is 0 Å². The first-order valence-corrected chi connectivity index (χ1v) is 5.24. The van der Waals surface area contributed by atoms with Crippen LogP contribution in [0.1, 0.15) is 24.1 Å². The zero-order chi connectivity index (χ0) is 9.38. The maximum Gasteiger partial charge on any atom is 0.225 e. The van der Waals surface area contributed by atoms with Gasteiger partial charge in [0, 0.05) is 37.9 Å². The second kappa shape index (κ2) is 3.20. The van der Waals surface area contributed by atoms with Crippen molar-refractivity contribution in [2.24, 2.45) is 0 Å². The molecule has 1 aromatic heterocycles. The van der Waals surface area contributed by atoms with Crippen LogP contribution in [0.3, 0.4) is 0 Å². The molecular formula is C10H14N4. The second-order valence-electron chi connectivity index (χ2n) is 3.94. The van der Waals surface area contributed by atoms with Gasteiger partial charge in [0.05, 0.1) is 5.69 Å². The third kappa shape index (κ3) is 1.26. The first-order chi connectivity index (χ1) is 6.93. The van der Waals surface area contributed by atoms with E-state index in [-0.39, 0.29) is 0 Å². The van der Waals surface area contributed by atoms with E-state index in [0.29, 0.717) is 0 Å². The number of nitrogens with zero attached hydrogens (tertiary/aromatic N) is 3. The summed E-state index contributed by atoms with van der Waals surface area (Å²) in [6.07, 6.45) is 4.52. The van der Waals surface area contributed by atoms with Gasteiger partial charge in [-0.1, -0.05) is 0 Å². The first kappa shape index (κ1) is 8.17. The molecule has 1 fully saturated rings. The summed E-state index contributed by atoms with van der Waals surface area (Å²) in [5, 5.41) is 3.28. The number of aromatic nitrogens is 2.